The minimum atomic E-state index is -4.85. The number of esters is 1. The standard InChI is InChI=1S/C15H13ClF3N3O3.C12H7ClF3N3O3.Li.H2O/c1-9(2)24-13(23)3-4-22-8-20-14(21-22)10-5-11(16)7-12(6-10)25-15(17,18)19;13-8-3-7(4-9(5-8)22-12(14,15)16)11-17-6-19(18-11)2-1-10(20)21;;/h3-9H,1-2H3;1-6H,(H,20,21);;1H2/q;;+1;/p-1/b4-3-;2-1-;;. The zero-order valence-corrected chi connectivity index (χ0v) is 26.7. The number of benzene rings is 2. The molecule has 0 aliphatic heterocycles. The molecule has 4 rings (SSSR count). The van der Waals surface area contributed by atoms with Crippen LogP contribution in [0.5, 0.6) is 11.5 Å². The molecule has 0 unspecified atom stereocenters. The van der Waals surface area contributed by atoms with Crippen LogP contribution in [0.2, 0.25) is 10.0 Å². The smallest absolute Gasteiger partial charge is 0.870 e. The molecule has 0 radical (unpaired) electrons. The number of carbonyl (C=O) groups is 2. The van der Waals surface area contributed by atoms with Crippen molar-refractivity contribution in [3.63, 3.8) is 0 Å². The Bertz CT molecular complexity index is 1780. The molecule has 258 valence electrons. The maximum atomic E-state index is 12.3. The molecule has 2 N–H and O–H groups in total. The van der Waals surface area contributed by atoms with E-state index in [2.05, 4.69) is 29.6 Å². The number of aliphatic carboxylic acids is 1. The van der Waals surface area contributed by atoms with Gasteiger partial charge in [0, 0.05) is 45.7 Å². The second kappa shape index (κ2) is 18.3. The van der Waals surface area contributed by atoms with Crippen LogP contribution in [0.15, 0.2) is 61.2 Å². The maximum Gasteiger partial charge on any atom is 1.00 e. The van der Waals surface area contributed by atoms with Gasteiger partial charge in [0.05, 0.1) is 6.10 Å². The van der Waals surface area contributed by atoms with Crippen LogP contribution in [0, 0.1) is 0 Å². The van der Waals surface area contributed by atoms with Gasteiger partial charge in [-0.05, 0) is 50.2 Å². The van der Waals surface area contributed by atoms with Gasteiger partial charge in [-0.25, -0.2) is 28.9 Å². The van der Waals surface area contributed by atoms with E-state index in [0.717, 1.165) is 47.3 Å². The van der Waals surface area contributed by atoms with Crippen LogP contribution < -0.4 is 28.3 Å². The summed E-state index contributed by atoms with van der Waals surface area (Å²) in [6, 6.07) is 6.94. The Hall–Kier alpha value is -4.54. The van der Waals surface area contributed by atoms with Crippen molar-refractivity contribution in [1.82, 2.24) is 29.5 Å². The van der Waals surface area contributed by atoms with E-state index in [0.29, 0.717) is 0 Å². The van der Waals surface area contributed by atoms with Crippen molar-refractivity contribution in [1.29, 1.82) is 0 Å². The number of rotatable bonds is 9. The molecule has 0 amide bonds. The first-order valence-electron chi connectivity index (χ1n) is 12.6. The number of nitrogens with zero attached hydrogens (tertiary/aromatic N) is 6. The fraction of sp³-hybridized carbons (Fsp3) is 0.185. The van der Waals surface area contributed by atoms with Gasteiger partial charge < -0.3 is 24.8 Å². The van der Waals surface area contributed by atoms with E-state index >= 15 is 0 Å². The Labute approximate surface area is 294 Å². The van der Waals surface area contributed by atoms with Gasteiger partial charge in [-0.3, -0.25) is 0 Å². The normalized spacial score (nSPS) is 11.4. The molecule has 49 heavy (non-hydrogen) atoms. The van der Waals surface area contributed by atoms with Crippen LogP contribution in [-0.2, 0) is 14.3 Å². The fourth-order valence-corrected chi connectivity index (χ4v) is 3.73. The topological polar surface area (TPSA) is 173 Å². The predicted molar refractivity (Wildman–Crippen MR) is 156 cm³/mol. The van der Waals surface area contributed by atoms with Gasteiger partial charge in [0.25, 0.3) is 0 Å². The minimum absolute atomic E-state index is 0. The number of alkyl halides is 6. The monoisotopic (exact) mass is 732 g/mol. The molecule has 2 aromatic heterocycles. The third-order valence-corrected chi connectivity index (χ3v) is 5.26. The first kappa shape index (κ1) is 42.5. The molecule has 0 aliphatic rings. The number of carboxylic acid groups (broad SMARTS) is 1. The van der Waals surface area contributed by atoms with Crippen molar-refractivity contribution >= 4 is 47.5 Å². The van der Waals surface area contributed by atoms with Crippen LogP contribution >= 0.6 is 23.2 Å². The van der Waals surface area contributed by atoms with Crippen LogP contribution in [-0.4, -0.2) is 70.9 Å². The minimum Gasteiger partial charge on any atom is -0.870 e. The molecule has 0 saturated heterocycles. The Kier molecular flexibility index (Phi) is 15.9. The van der Waals surface area contributed by atoms with E-state index in [1.807, 2.05) is 0 Å². The van der Waals surface area contributed by atoms with Crippen molar-refractivity contribution in [2.24, 2.45) is 0 Å². The number of aromatic nitrogens is 6. The molecule has 0 saturated carbocycles. The van der Waals surface area contributed by atoms with Gasteiger partial charge in [-0.1, -0.05) is 23.2 Å². The molecule has 2 aromatic carbocycles. The van der Waals surface area contributed by atoms with E-state index in [9.17, 15) is 35.9 Å². The van der Waals surface area contributed by atoms with Crippen molar-refractivity contribution in [3.05, 3.63) is 71.3 Å². The average molecular weight is 733 g/mol. The van der Waals surface area contributed by atoms with E-state index in [1.165, 1.54) is 35.7 Å². The Balaban J connectivity index is 0.000000474. The summed E-state index contributed by atoms with van der Waals surface area (Å²) in [5.41, 5.74) is 0.415. The molecular formula is C27H21Cl2F6LiN6O7. The Morgan fingerprint density at radius 1 is 0.776 bits per heavy atom. The SMILES string of the molecule is CC(C)OC(=O)/C=C\n1cnc(-c2cc(Cl)cc(OC(F)(F)F)c2)n1.O=C(O)/C=C\n1cnc(-c2cc(Cl)cc(OC(F)(F)F)c2)n1.[Li+].[OH-]. The van der Waals surface area contributed by atoms with Crippen molar-refractivity contribution in [3.8, 4) is 34.3 Å². The van der Waals surface area contributed by atoms with Gasteiger partial charge in [0.2, 0.25) is 0 Å². The summed E-state index contributed by atoms with van der Waals surface area (Å²) in [5, 5.41) is 16.4. The first-order valence-corrected chi connectivity index (χ1v) is 13.4. The van der Waals surface area contributed by atoms with Crippen LogP contribution in [0.4, 0.5) is 26.3 Å². The average Bonchev–Trinajstić information content (AvgIpc) is 3.58. The second-order valence-electron chi connectivity index (χ2n) is 9.00. The molecule has 4 aromatic rings. The number of carbonyl (C=O) groups excluding carboxylic acids is 1. The number of carboxylic acids is 1. The molecule has 13 nitrogen and oxygen atoms in total. The molecule has 0 fully saturated rings. The van der Waals surface area contributed by atoms with Crippen LogP contribution in [0.3, 0.4) is 0 Å². The summed E-state index contributed by atoms with van der Waals surface area (Å²) in [6.45, 7) is 3.41. The van der Waals surface area contributed by atoms with E-state index in [1.54, 1.807) is 13.8 Å². The molecule has 0 spiro atoms. The summed E-state index contributed by atoms with van der Waals surface area (Å²) in [4.78, 5) is 29.6. The number of ether oxygens (including phenoxy) is 3. The maximum absolute atomic E-state index is 12.3. The quantitative estimate of drug-likeness (QED) is 0.115. The van der Waals surface area contributed by atoms with Gasteiger partial charge in [0.15, 0.2) is 11.6 Å². The van der Waals surface area contributed by atoms with Gasteiger partial charge in [-0.15, -0.1) is 36.5 Å². The third kappa shape index (κ3) is 15.5. The summed E-state index contributed by atoms with van der Waals surface area (Å²) in [5.74, 6) is -2.56. The number of halogens is 8. The zero-order chi connectivity index (χ0) is 34.9. The molecule has 0 bridgehead atoms. The van der Waals surface area contributed by atoms with Gasteiger partial charge in [-0.2, -0.15) is 0 Å². The Morgan fingerprint density at radius 3 is 1.55 bits per heavy atom. The largest absolute Gasteiger partial charge is 1.00 e. The van der Waals surface area contributed by atoms with E-state index in [4.69, 9.17) is 33.0 Å². The van der Waals surface area contributed by atoms with Crippen molar-refractivity contribution in [2.75, 3.05) is 0 Å². The second-order valence-corrected chi connectivity index (χ2v) is 9.87. The number of hydrogen-bond acceptors (Lipinski definition) is 10. The summed E-state index contributed by atoms with van der Waals surface area (Å²) >= 11 is 11.5. The molecule has 0 atom stereocenters. The summed E-state index contributed by atoms with van der Waals surface area (Å²) in [6.07, 6.45) is -3.08. The van der Waals surface area contributed by atoms with Gasteiger partial charge in [0.1, 0.15) is 24.2 Å². The van der Waals surface area contributed by atoms with Crippen LogP contribution in [0.25, 0.3) is 35.2 Å². The first-order chi connectivity index (χ1) is 21.8. The van der Waals surface area contributed by atoms with Crippen molar-refractivity contribution < 1.29 is 79.6 Å². The third-order valence-electron chi connectivity index (χ3n) is 4.83. The van der Waals surface area contributed by atoms with Crippen LogP contribution in [0.1, 0.15) is 13.8 Å². The Morgan fingerprint density at radius 2 is 1.18 bits per heavy atom. The predicted octanol–water partition coefficient (Wildman–Crippen LogP) is 3.80. The van der Waals surface area contributed by atoms with Gasteiger partial charge >= 0.3 is 43.5 Å². The van der Waals surface area contributed by atoms with E-state index < -0.39 is 36.2 Å². The molecule has 22 heteroatoms. The molecular weight excluding hydrogens is 712 g/mol. The fourth-order valence-electron chi connectivity index (χ4n) is 3.28. The molecule has 2 heterocycles. The number of hydrogen-bond donors (Lipinski definition) is 1. The van der Waals surface area contributed by atoms with Crippen molar-refractivity contribution in [2.45, 2.75) is 32.7 Å². The summed E-state index contributed by atoms with van der Waals surface area (Å²) < 4.78 is 88.5. The summed E-state index contributed by atoms with van der Waals surface area (Å²) in [7, 11) is 0. The molecule has 0 aliphatic carbocycles. The zero-order valence-electron chi connectivity index (χ0n) is 25.1. The van der Waals surface area contributed by atoms with E-state index in [-0.39, 0.29) is 63.3 Å².